The molecule has 5 nitrogen and oxygen atoms in total. The fraction of sp³-hybridized carbons (Fsp3) is 0.400. The minimum atomic E-state index is -0.486. The summed E-state index contributed by atoms with van der Waals surface area (Å²) in [7, 11) is 0. The first kappa shape index (κ1) is 21.5. The van der Waals surface area contributed by atoms with Crippen molar-refractivity contribution in [1.29, 1.82) is 0 Å². The van der Waals surface area contributed by atoms with E-state index in [0.717, 1.165) is 23.1 Å². The van der Waals surface area contributed by atoms with Crippen molar-refractivity contribution in [2.24, 2.45) is 11.8 Å². The van der Waals surface area contributed by atoms with Gasteiger partial charge in [-0.05, 0) is 59.6 Å². The van der Waals surface area contributed by atoms with E-state index in [-0.39, 0.29) is 24.2 Å². The lowest BCUT2D eigenvalue weighted by Gasteiger charge is -2.37. The summed E-state index contributed by atoms with van der Waals surface area (Å²) in [6, 6.07) is 13.6. The van der Waals surface area contributed by atoms with Crippen LogP contribution in [0.4, 0.5) is 4.39 Å². The highest BCUT2D eigenvalue weighted by Crippen LogP contribution is 2.40. The van der Waals surface area contributed by atoms with Gasteiger partial charge in [0.05, 0.1) is 13.2 Å². The third-order valence-corrected chi connectivity index (χ3v) is 6.08. The van der Waals surface area contributed by atoms with Gasteiger partial charge in [-0.25, -0.2) is 4.39 Å². The molecule has 2 atom stereocenters. The van der Waals surface area contributed by atoms with Gasteiger partial charge in [0, 0.05) is 13.0 Å². The Bertz CT molecular complexity index is 906. The zero-order valence-electron chi connectivity index (χ0n) is 17.4. The predicted molar refractivity (Wildman–Crippen MR) is 114 cm³/mol. The number of aliphatic hydroxyl groups excluding tert-OH is 1. The Morgan fingerprint density at radius 2 is 1.74 bits per heavy atom. The van der Waals surface area contributed by atoms with E-state index in [2.05, 4.69) is 5.32 Å². The number of hydrogen-bond acceptors (Lipinski definition) is 4. The van der Waals surface area contributed by atoms with E-state index in [9.17, 15) is 14.3 Å². The van der Waals surface area contributed by atoms with Gasteiger partial charge < -0.3 is 19.9 Å². The molecule has 1 fully saturated rings. The van der Waals surface area contributed by atoms with Gasteiger partial charge in [0.25, 0.3) is 5.91 Å². The van der Waals surface area contributed by atoms with Crippen molar-refractivity contribution in [3.05, 3.63) is 82.9 Å². The topological polar surface area (TPSA) is 67.8 Å². The summed E-state index contributed by atoms with van der Waals surface area (Å²) in [6.45, 7) is 0.687. The molecule has 0 unspecified atom stereocenters. The molecule has 31 heavy (non-hydrogen) atoms. The second-order valence-corrected chi connectivity index (χ2v) is 8.26. The first-order chi connectivity index (χ1) is 15.1. The van der Waals surface area contributed by atoms with Crippen LogP contribution in [-0.2, 0) is 34.0 Å². The summed E-state index contributed by atoms with van der Waals surface area (Å²) in [5.74, 6) is 0.539. The number of amides is 1. The quantitative estimate of drug-likeness (QED) is 0.665. The molecule has 1 heterocycles. The van der Waals surface area contributed by atoms with Gasteiger partial charge in [0.2, 0.25) is 6.29 Å². The van der Waals surface area contributed by atoms with Crippen molar-refractivity contribution in [2.45, 2.75) is 51.7 Å². The molecule has 2 aromatic rings. The van der Waals surface area contributed by atoms with Gasteiger partial charge in [-0.15, -0.1) is 0 Å². The van der Waals surface area contributed by atoms with Gasteiger partial charge in [-0.3, -0.25) is 4.79 Å². The Morgan fingerprint density at radius 1 is 1.06 bits per heavy atom. The third-order valence-electron chi connectivity index (χ3n) is 6.08. The summed E-state index contributed by atoms with van der Waals surface area (Å²) < 4.78 is 25.0. The highest BCUT2D eigenvalue weighted by Gasteiger charge is 2.34. The molecule has 2 N–H and O–H groups in total. The van der Waals surface area contributed by atoms with Crippen LogP contribution < -0.4 is 5.32 Å². The Balaban J connectivity index is 1.37. The third kappa shape index (κ3) is 5.71. The number of ether oxygens (including phenoxy) is 2. The largest absolute Gasteiger partial charge is 0.459 e. The molecule has 0 spiro atoms. The van der Waals surface area contributed by atoms with Crippen LogP contribution >= 0.6 is 0 Å². The molecular weight excluding hydrogens is 397 g/mol. The fourth-order valence-corrected chi connectivity index (χ4v) is 3.94. The van der Waals surface area contributed by atoms with Crippen LogP contribution in [0.2, 0.25) is 0 Å². The lowest BCUT2D eigenvalue weighted by Crippen LogP contribution is -2.36. The van der Waals surface area contributed by atoms with Crippen molar-refractivity contribution >= 4 is 5.91 Å². The highest BCUT2D eigenvalue weighted by molar-refractivity contribution is 5.91. The van der Waals surface area contributed by atoms with E-state index in [1.807, 2.05) is 30.3 Å². The number of allylic oxidation sites excluding steroid dienone is 1. The summed E-state index contributed by atoms with van der Waals surface area (Å²) in [5.41, 5.74) is 2.66. The Labute approximate surface area is 181 Å². The lowest BCUT2D eigenvalue weighted by molar-refractivity contribution is -0.156. The second-order valence-electron chi connectivity index (χ2n) is 8.26. The van der Waals surface area contributed by atoms with Crippen molar-refractivity contribution in [2.75, 3.05) is 0 Å². The number of halogens is 1. The fourth-order valence-electron chi connectivity index (χ4n) is 3.94. The van der Waals surface area contributed by atoms with Crippen molar-refractivity contribution in [3.63, 3.8) is 0 Å². The zero-order chi connectivity index (χ0) is 21.6. The highest BCUT2D eigenvalue weighted by atomic mass is 19.1. The number of hydrogen-bond donors (Lipinski definition) is 2. The van der Waals surface area contributed by atoms with Gasteiger partial charge in [-0.1, -0.05) is 42.8 Å². The summed E-state index contributed by atoms with van der Waals surface area (Å²) >= 11 is 0. The van der Waals surface area contributed by atoms with Gasteiger partial charge in [0.1, 0.15) is 5.82 Å². The number of carbonyl (C=O) groups is 1. The first-order valence-corrected chi connectivity index (χ1v) is 10.8. The number of benzene rings is 2. The number of carbonyl (C=O) groups excluding carboxylic acids is 1. The normalized spacial score (nSPS) is 21.0. The Hall–Kier alpha value is -2.70. The van der Waals surface area contributed by atoms with Crippen LogP contribution in [0.25, 0.3) is 0 Å². The number of nitrogens with one attached hydrogen (secondary N) is 1. The van der Waals surface area contributed by atoms with Crippen molar-refractivity contribution in [1.82, 2.24) is 5.32 Å². The van der Waals surface area contributed by atoms with Gasteiger partial charge >= 0.3 is 0 Å². The number of rotatable bonds is 8. The molecular formula is C25H28FNO4. The molecule has 1 amide bonds. The molecule has 1 aliphatic carbocycles. The van der Waals surface area contributed by atoms with Crippen LogP contribution in [0.3, 0.4) is 0 Å². The summed E-state index contributed by atoms with van der Waals surface area (Å²) in [5, 5.41) is 12.0. The van der Waals surface area contributed by atoms with E-state index < -0.39 is 6.29 Å². The van der Waals surface area contributed by atoms with Crippen molar-refractivity contribution in [3.8, 4) is 0 Å². The average Bonchev–Trinajstić information content (AvgIpc) is 2.76. The van der Waals surface area contributed by atoms with E-state index in [4.69, 9.17) is 9.47 Å². The molecule has 2 aromatic carbocycles. The van der Waals surface area contributed by atoms with Crippen LogP contribution in [0.1, 0.15) is 42.4 Å². The SMILES string of the molecule is O=C(NCc1ccc(F)cc1)C1=C[C@H](C2CCC2)C[C@H](OCc2ccc(CO)cc2)O1. The first-order valence-electron chi connectivity index (χ1n) is 10.8. The summed E-state index contributed by atoms with van der Waals surface area (Å²) in [4.78, 5) is 12.7. The van der Waals surface area contributed by atoms with Crippen LogP contribution in [0.5, 0.6) is 0 Å². The molecule has 0 radical (unpaired) electrons. The zero-order valence-corrected chi connectivity index (χ0v) is 17.4. The van der Waals surface area contributed by atoms with E-state index in [1.54, 1.807) is 12.1 Å². The van der Waals surface area contributed by atoms with E-state index >= 15 is 0 Å². The molecule has 0 saturated heterocycles. The standard InChI is InChI=1S/C25H28FNO4/c26-22-10-8-17(9-11-22)14-27-25(29)23-12-21(20-2-1-3-20)13-24(31-23)30-16-19-6-4-18(15-28)5-7-19/h4-12,20-21,24,28H,1-3,13-16H2,(H,27,29)/t21-,24+/m0/s1. The molecule has 1 saturated carbocycles. The molecule has 1 aliphatic heterocycles. The molecule has 4 rings (SSSR count). The molecule has 164 valence electrons. The molecule has 0 bridgehead atoms. The van der Waals surface area contributed by atoms with E-state index in [0.29, 0.717) is 24.8 Å². The monoisotopic (exact) mass is 425 g/mol. The predicted octanol–water partition coefficient (Wildman–Crippen LogP) is 4.20. The Morgan fingerprint density at radius 3 is 2.39 bits per heavy atom. The summed E-state index contributed by atoms with van der Waals surface area (Å²) in [6.07, 6.45) is 5.75. The number of aliphatic hydroxyl groups is 1. The van der Waals surface area contributed by atoms with Gasteiger partial charge in [-0.2, -0.15) is 0 Å². The van der Waals surface area contributed by atoms with E-state index in [1.165, 1.54) is 31.4 Å². The molecule has 6 heteroatoms. The maximum atomic E-state index is 13.1. The second kappa shape index (κ2) is 10.1. The lowest BCUT2D eigenvalue weighted by atomic mass is 9.73. The minimum absolute atomic E-state index is 0.0110. The molecule has 0 aromatic heterocycles. The van der Waals surface area contributed by atoms with Crippen LogP contribution in [-0.4, -0.2) is 17.3 Å². The van der Waals surface area contributed by atoms with Crippen LogP contribution in [0.15, 0.2) is 60.4 Å². The average molecular weight is 426 g/mol. The maximum absolute atomic E-state index is 13.1. The smallest absolute Gasteiger partial charge is 0.286 e. The van der Waals surface area contributed by atoms with Crippen LogP contribution in [0, 0.1) is 17.7 Å². The van der Waals surface area contributed by atoms with Crippen molar-refractivity contribution < 1.29 is 23.8 Å². The maximum Gasteiger partial charge on any atom is 0.286 e. The molecule has 2 aliphatic rings. The van der Waals surface area contributed by atoms with Gasteiger partial charge in [0.15, 0.2) is 5.76 Å². The Kier molecular flexibility index (Phi) is 6.99. The minimum Gasteiger partial charge on any atom is -0.459 e.